The lowest BCUT2D eigenvalue weighted by Crippen LogP contribution is -2.23. The Labute approximate surface area is 157 Å². The summed E-state index contributed by atoms with van der Waals surface area (Å²) in [6, 6.07) is 10.2. The summed E-state index contributed by atoms with van der Waals surface area (Å²) in [7, 11) is -3.67. The van der Waals surface area contributed by atoms with Crippen LogP contribution in [0.25, 0.3) is 0 Å². The first-order valence-corrected chi connectivity index (χ1v) is 10.6. The average Bonchev–Trinajstić information content (AvgIpc) is 3.25. The summed E-state index contributed by atoms with van der Waals surface area (Å²) in [5, 5.41) is 6.67. The molecular formula is C15H12ClN3O3S3. The number of hydrogen-bond donors (Lipinski definition) is 2. The fraction of sp³-hybridized carbons (Fsp3) is 0.0667. The highest BCUT2D eigenvalue weighted by atomic mass is 35.5. The van der Waals surface area contributed by atoms with Crippen molar-refractivity contribution >= 4 is 55.3 Å². The lowest BCUT2D eigenvalue weighted by atomic mass is 10.2. The van der Waals surface area contributed by atoms with Gasteiger partial charge >= 0.3 is 0 Å². The Morgan fingerprint density at radius 2 is 1.92 bits per heavy atom. The Bertz CT molecular complexity index is 967. The maximum Gasteiger partial charge on any atom is 0.273 e. The van der Waals surface area contributed by atoms with E-state index in [-0.39, 0.29) is 20.9 Å². The normalized spacial score (nSPS) is 11.2. The molecule has 0 spiro atoms. The van der Waals surface area contributed by atoms with E-state index in [1.165, 1.54) is 11.4 Å². The second-order valence-electron chi connectivity index (χ2n) is 4.88. The van der Waals surface area contributed by atoms with Gasteiger partial charge in [-0.15, -0.1) is 22.7 Å². The number of sulfonamides is 1. The maximum absolute atomic E-state index is 12.1. The molecule has 2 N–H and O–H groups in total. The summed E-state index contributed by atoms with van der Waals surface area (Å²) >= 11 is 7.97. The molecule has 0 saturated carbocycles. The lowest BCUT2D eigenvalue weighted by molar-refractivity contribution is 0.0946. The van der Waals surface area contributed by atoms with Crippen molar-refractivity contribution in [3.05, 3.63) is 63.4 Å². The van der Waals surface area contributed by atoms with Gasteiger partial charge in [-0.1, -0.05) is 29.8 Å². The van der Waals surface area contributed by atoms with Crippen LogP contribution in [0.15, 0.2) is 51.4 Å². The standard InChI is InChI=1S/C15H12ClN3O3S3/c16-11-5-3-10(4-6-11)8-17-14(20)12-9-24-15(18-12)19-25(21,22)13-2-1-7-23-13/h1-7,9H,8H2,(H,17,20)(H,18,19). The van der Waals surface area contributed by atoms with Crippen LogP contribution in [0.5, 0.6) is 0 Å². The van der Waals surface area contributed by atoms with E-state index in [9.17, 15) is 13.2 Å². The maximum atomic E-state index is 12.1. The molecule has 3 rings (SSSR count). The number of nitrogens with one attached hydrogen (secondary N) is 2. The molecule has 1 amide bonds. The van der Waals surface area contributed by atoms with Crippen molar-refractivity contribution in [3.8, 4) is 0 Å². The van der Waals surface area contributed by atoms with Gasteiger partial charge in [0.1, 0.15) is 9.90 Å². The summed E-state index contributed by atoms with van der Waals surface area (Å²) in [6.45, 7) is 0.323. The molecule has 2 heterocycles. The molecule has 3 aromatic rings. The van der Waals surface area contributed by atoms with Gasteiger partial charge in [-0.2, -0.15) is 0 Å². The number of carbonyl (C=O) groups is 1. The van der Waals surface area contributed by atoms with Gasteiger partial charge in [0.2, 0.25) is 0 Å². The summed E-state index contributed by atoms with van der Waals surface area (Å²) < 4.78 is 26.8. The highest BCUT2D eigenvalue weighted by Gasteiger charge is 2.18. The number of benzene rings is 1. The average molecular weight is 414 g/mol. The van der Waals surface area contributed by atoms with Crippen LogP contribution in [0.2, 0.25) is 5.02 Å². The van der Waals surface area contributed by atoms with Crippen LogP contribution in [0.4, 0.5) is 5.13 Å². The Hall–Kier alpha value is -1.94. The molecule has 130 valence electrons. The van der Waals surface area contributed by atoms with Crippen molar-refractivity contribution in [2.24, 2.45) is 0 Å². The summed E-state index contributed by atoms with van der Waals surface area (Å²) in [5.74, 6) is -0.382. The van der Waals surface area contributed by atoms with Gasteiger partial charge in [0.05, 0.1) is 0 Å². The number of thiazole rings is 1. The third-order valence-electron chi connectivity index (χ3n) is 3.08. The second-order valence-corrected chi connectivity index (χ2v) is 9.04. The van der Waals surface area contributed by atoms with Gasteiger partial charge in [-0.25, -0.2) is 13.4 Å². The number of amides is 1. The van der Waals surface area contributed by atoms with Crippen LogP contribution in [-0.2, 0) is 16.6 Å². The summed E-state index contributed by atoms with van der Waals surface area (Å²) in [4.78, 5) is 16.2. The third-order valence-corrected chi connectivity index (χ3v) is 6.96. The number of halogens is 1. The second kappa shape index (κ2) is 7.52. The molecule has 0 aliphatic carbocycles. The number of hydrogen-bond acceptors (Lipinski definition) is 6. The Balaban J connectivity index is 1.62. The van der Waals surface area contributed by atoms with E-state index < -0.39 is 10.0 Å². The van der Waals surface area contributed by atoms with E-state index in [0.29, 0.717) is 11.6 Å². The predicted octanol–water partition coefficient (Wildman–Crippen LogP) is 3.59. The number of carbonyl (C=O) groups excluding carboxylic acids is 1. The molecule has 0 fully saturated rings. The minimum absolute atomic E-state index is 0.144. The molecule has 0 bridgehead atoms. The number of thiophene rings is 1. The molecule has 10 heteroatoms. The van der Waals surface area contributed by atoms with Gasteiger partial charge in [-0.05, 0) is 29.1 Å². The topological polar surface area (TPSA) is 88.2 Å². The first-order chi connectivity index (χ1) is 11.9. The molecule has 0 aliphatic heterocycles. The van der Waals surface area contributed by atoms with Crippen LogP contribution in [0, 0.1) is 0 Å². The zero-order valence-corrected chi connectivity index (χ0v) is 15.8. The smallest absolute Gasteiger partial charge is 0.273 e. The summed E-state index contributed by atoms with van der Waals surface area (Å²) in [6.07, 6.45) is 0. The zero-order chi connectivity index (χ0) is 17.9. The Morgan fingerprint density at radius 1 is 1.16 bits per heavy atom. The summed E-state index contributed by atoms with van der Waals surface area (Å²) in [5.41, 5.74) is 1.05. The first kappa shape index (κ1) is 17.9. The van der Waals surface area contributed by atoms with Crippen molar-refractivity contribution < 1.29 is 13.2 Å². The van der Waals surface area contributed by atoms with Gasteiger partial charge in [0.25, 0.3) is 15.9 Å². The van der Waals surface area contributed by atoms with E-state index in [0.717, 1.165) is 28.2 Å². The van der Waals surface area contributed by atoms with Gasteiger partial charge in [-0.3, -0.25) is 9.52 Å². The first-order valence-electron chi connectivity index (χ1n) is 6.98. The Morgan fingerprint density at radius 3 is 2.60 bits per heavy atom. The third kappa shape index (κ3) is 4.57. The molecule has 2 aromatic heterocycles. The van der Waals surface area contributed by atoms with E-state index in [1.807, 2.05) is 12.1 Å². The van der Waals surface area contributed by atoms with Crippen molar-refractivity contribution in [2.75, 3.05) is 4.72 Å². The highest BCUT2D eigenvalue weighted by Crippen LogP contribution is 2.22. The molecular weight excluding hydrogens is 402 g/mol. The Kier molecular flexibility index (Phi) is 5.38. The predicted molar refractivity (Wildman–Crippen MR) is 99.9 cm³/mol. The van der Waals surface area contributed by atoms with E-state index >= 15 is 0 Å². The van der Waals surface area contributed by atoms with Crippen molar-refractivity contribution in [3.63, 3.8) is 0 Å². The molecule has 0 aliphatic rings. The minimum Gasteiger partial charge on any atom is -0.347 e. The largest absolute Gasteiger partial charge is 0.347 e. The lowest BCUT2D eigenvalue weighted by Gasteiger charge is -2.04. The monoisotopic (exact) mass is 413 g/mol. The van der Waals surface area contributed by atoms with Crippen LogP contribution in [0.3, 0.4) is 0 Å². The quantitative estimate of drug-likeness (QED) is 0.646. The van der Waals surface area contributed by atoms with Crippen LogP contribution in [-0.4, -0.2) is 19.3 Å². The van der Waals surface area contributed by atoms with E-state index in [1.54, 1.807) is 23.6 Å². The number of nitrogens with zero attached hydrogens (tertiary/aromatic N) is 1. The molecule has 0 saturated heterocycles. The minimum atomic E-state index is -3.67. The van der Waals surface area contributed by atoms with Crippen molar-refractivity contribution in [1.29, 1.82) is 0 Å². The zero-order valence-electron chi connectivity index (χ0n) is 12.6. The number of aromatic nitrogens is 1. The van der Waals surface area contributed by atoms with E-state index in [4.69, 9.17) is 11.6 Å². The van der Waals surface area contributed by atoms with E-state index in [2.05, 4.69) is 15.0 Å². The van der Waals surface area contributed by atoms with Crippen molar-refractivity contribution in [2.45, 2.75) is 10.8 Å². The highest BCUT2D eigenvalue weighted by molar-refractivity contribution is 7.94. The van der Waals surface area contributed by atoms with Crippen molar-refractivity contribution in [1.82, 2.24) is 10.3 Å². The number of anilines is 1. The molecule has 25 heavy (non-hydrogen) atoms. The van der Waals surface area contributed by atoms with Gasteiger partial charge in [0, 0.05) is 16.9 Å². The molecule has 0 atom stereocenters. The molecule has 1 aromatic carbocycles. The van der Waals surface area contributed by atoms with Gasteiger partial charge in [0.15, 0.2) is 5.13 Å². The van der Waals surface area contributed by atoms with Crippen LogP contribution in [0.1, 0.15) is 16.1 Å². The fourth-order valence-electron chi connectivity index (χ4n) is 1.88. The molecule has 0 unspecified atom stereocenters. The van der Waals surface area contributed by atoms with Crippen LogP contribution < -0.4 is 10.0 Å². The van der Waals surface area contributed by atoms with Gasteiger partial charge < -0.3 is 5.32 Å². The SMILES string of the molecule is O=C(NCc1ccc(Cl)cc1)c1csc(NS(=O)(=O)c2cccs2)n1. The molecule has 0 radical (unpaired) electrons. The molecule has 6 nitrogen and oxygen atoms in total. The number of rotatable bonds is 6. The van der Waals surface area contributed by atoms with Crippen LogP contribution >= 0.6 is 34.3 Å². The fourth-order valence-corrected chi connectivity index (χ4v) is 4.94.